The first-order chi connectivity index (χ1) is 12.6. The summed E-state index contributed by atoms with van der Waals surface area (Å²) in [5.74, 6) is 1.72. The zero-order valence-electron chi connectivity index (χ0n) is 16.6. The van der Waals surface area contributed by atoms with Gasteiger partial charge in [0.1, 0.15) is 0 Å². The fraction of sp³-hybridized carbons (Fsp3) is 0.632. The largest absolute Gasteiger partial charge is 0.502 e. The highest BCUT2D eigenvalue weighted by Gasteiger charge is 2.28. The lowest BCUT2D eigenvalue weighted by Crippen LogP contribution is -2.43. The van der Waals surface area contributed by atoms with Crippen molar-refractivity contribution in [2.75, 3.05) is 47.4 Å². The van der Waals surface area contributed by atoms with Gasteiger partial charge in [0.25, 0.3) is 0 Å². The van der Waals surface area contributed by atoms with Crippen molar-refractivity contribution in [3.63, 3.8) is 0 Å². The van der Waals surface area contributed by atoms with Crippen LogP contribution in [0.2, 0.25) is 0 Å². The zero-order valence-corrected chi connectivity index (χ0v) is 16.6. The van der Waals surface area contributed by atoms with E-state index in [1.54, 1.807) is 12.1 Å². The molecule has 1 aliphatic rings. The third-order valence-corrected chi connectivity index (χ3v) is 4.99. The molecule has 1 heterocycles. The van der Waals surface area contributed by atoms with E-state index in [9.17, 15) is 5.11 Å². The summed E-state index contributed by atoms with van der Waals surface area (Å²) in [5.41, 5.74) is 0.956. The van der Waals surface area contributed by atoms with Crippen LogP contribution in [0.4, 0.5) is 0 Å². The number of hydrogen-bond donors (Lipinski definition) is 2. The normalized spacial score (nSPS) is 17.7. The van der Waals surface area contributed by atoms with Gasteiger partial charge in [-0.2, -0.15) is 0 Å². The highest BCUT2D eigenvalue weighted by Crippen LogP contribution is 2.37. The van der Waals surface area contributed by atoms with Crippen LogP contribution in [0.25, 0.3) is 0 Å². The SMILES string of the molecule is CCN(CC)C1CCN(C(=NC)NCc2cc(OC)c(O)c(OC)c2)C1. The monoisotopic (exact) mass is 364 g/mol. The molecule has 1 aliphatic heterocycles. The molecule has 0 aliphatic carbocycles. The van der Waals surface area contributed by atoms with E-state index in [4.69, 9.17) is 9.47 Å². The lowest BCUT2D eigenvalue weighted by Gasteiger charge is -2.27. The summed E-state index contributed by atoms with van der Waals surface area (Å²) < 4.78 is 10.4. The number of hydrogen-bond acceptors (Lipinski definition) is 5. The van der Waals surface area contributed by atoms with Gasteiger partial charge >= 0.3 is 0 Å². The van der Waals surface area contributed by atoms with Gasteiger partial charge in [0, 0.05) is 32.7 Å². The van der Waals surface area contributed by atoms with Gasteiger partial charge in [0.05, 0.1) is 14.2 Å². The summed E-state index contributed by atoms with van der Waals surface area (Å²) in [6.07, 6.45) is 1.16. The Balaban J connectivity index is 2.02. The third kappa shape index (κ3) is 4.52. The second kappa shape index (κ2) is 9.52. The van der Waals surface area contributed by atoms with Gasteiger partial charge in [0.15, 0.2) is 17.5 Å². The molecule has 0 bridgehead atoms. The summed E-state index contributed by atoms with van der Waals surface area (Å²) in [4.78, 5) is 9.24. The second-order valence-electron chi connectivity index (χ2n) is 6.36. The molecular formula is C19H32N4O3. The molecule has 0 aromatic heterocycles. The number of rotatable bonds is 7. The van der Waals surface area contributed by atoms with E-state index in [2.05, 4.69) is 34.0 Å². The van der Waals surface area contributed by atoms with Crippen molar-refractivity contribution in [3.05, 3.63) is 17.7 Å². The van der Waals surface area contributed by atoms with Crippen molar-refractivity contribution < 1.29 is 14.6 Å². The number of nitrogens with zero attached hydrogens (tertiary/aromatic N) is 3. The summed E-state index contributed by atoms with van der Waals surface area (Å²) >= 11 is 0. The number of benzene rings is 1. The Morgan fingerprint density at radius 3 is 2.38 bits per heavy atom. The lowest BCUT2D eigenvalue weighted by atomic mass is 10.2. The first-order valence-electron chi connectivity index (χ1n) is 9.21. The number of likely N-dealkylation sites (tertiary alicyclic amines) is 1. The third-order valence-electron chi connectivity index (χ3n) is 4.99. The number of aliphatic imine (C=N–C) groups is 1. The summed E-state index contributed by atoms with van der Waals surface area (Å²) in [5, 5.41) is 13.4. The quantitative estimate of drug-likeness (QED) is 0.569. The number of guanidine groups is 1. The molecule has 1 fully saturated rings. The number of ether oxygens (including phenoxy) is 2. The first-order valence-corrected chi connectivity index (χ1v) is 9.21. The first kappa shape index (κ1) is 20.2. The molecule has 2 N–H and O–H groups in total. The molecule has 1 aromatic rings. The minimum Gasteiger partial charge on any atom is -0.502 e. The molecule has 1 saturated heterocycles. The standard InChI is InChI=1S/C19H32N4O3/c1-6-22(7-2)15-8-9-23(13-15)19(20-3)21-12-14-10-16(25-4)18(24)17(11-14)26-5/h10-11,15,24H,6-9,12-13H2,1-5H3,(H,20,21). The topological polar surface area (TPSA) is 69.6 Å². The fourth-order valence-electron chi connectivity index (χ4n) is 3.54. The number of nitrogens with one attached hydrogen (secondary N) is 1. The van der Waals surface area contributed by atoms with E-state index >= 15 is 0 Å². The van der Waals surface area contributed by atoms with Gasteiger partial charge in [-0.3, -0.25) is 9.89 Å². The number of phenols is 1. The van der Waals surface area contributed by atoms with E-state index < -0.39 is 0 Å². The van der Waals surface area contributed by atoms with Crippen LogP contribution in [0.5, 0.6) is 17.2 Å². The Morgan fingerprint density at radius 2 is 1.88 bits per heavy atom. The van der Waals surface area contributed by atoms with Crippen LogP contribution in [0.15, 0.2) is 17.1 Å². The molecule has 2 rings (SSSR count). The van der Waals surface area contributed by atoms with Crippen molar-refractivity contribution in [2.24, 2.45) is 4.99 Å². The van der Waals surface area contributed by atoms with Gasteiger partial charge in [-0.1, -0.05) is 13.8 Å². The van der Waals surface area contributed by atoms with E-state index in [1.807, 2.05) is 7.05 Å². The maximum atomic E-state index is 10.0. The molecule has 0 amide bonds. The van der Waals surface area contributed by atoms with Crippen LogP contribution in [-0.4, -0.2) is 74.4 Å². The van der Waals surface area contributed by atoms with Crippen LogP contribution >= 0.6 is 0 Å². The molecule has 146 valence electrons. The van der Waals surface area contributed by atoms with Crippen molar-refractivity contribution in [2.45, 2.75) is 32.9 Å². The van der Waals surface area contributed by atoms with Crippen LogP contribution in [0, 0.1) is 0 Å². The van der Waals surface area contributed by atoms with Gasteiger partial charge in [-0.05, 0) is 37.2 Å². The fourth-order valence-corrected chi connectivity index (χ4v) is 3.54. The molecule has 7 heteroatoms. The van der Waals surface area contributed by atoms with Gasteiger partial charge in [-0.15, -0.1) is 0 Å². The Labute approximate surface area is 156 Å². The van der Waals surface area contributed by atoms with Crippen LogP contribution in [-0.2, 0) is 6.54 Å². The number of aromatic hydroxyl groups is 1. The Kier molecular flexibility index (Phi) is 7.38. The minimum absolute atomic E-state index is 0.0183. The average Bonchev–Trinajstić information content (AvgIpc) is 3.14. The zero-order chi connectivity index (χ0) is 19.1. The molecule has 26 heavy (non-hydrogen) atoms. The minimum atomic E-state index is 0.0183. The number of likely N-dealkylation sites (N-methyl/N-ethyl adjacent to an activating group) is 1. The Bertz CT molecular complexity index is 592. The van der Waals surface area contributed by atoms with Crippen molar-refractivity contribution in [1.29, 1.82) is 0 Å². The predicted molar refractivity (Wildman–Crippen MR) is 104 cm³/mol. The maximum Gasteiger partial charge on any atom is 0.200 e. The predicted octanol–water partition coefficient (Wildman–Crippen LogP) is 1.90. The molecule has 1 aromatic carbocycles. The maximum absolute atomic E-state index is 10.0. The molecule has 1 unspecified atom stereocenters. The van der Waals surface area contributed by atoms with E-state index in [0.717, 1.165) is 44.1 Å². The molecule has 1 atom stereocenters. The molecule has 7 nitrogen and oxygen atoms in total. The van der Waals surface area contributed by atoms with E-state index in [0.29, 0.717) is 24.1 Å². The van der Waals surface area contributed by atoms with Crippen LogP contribution in [0.1, 0.15) is 25.8 Å². The lowest BCUT2D eigenvalue weighted by molar-refractivity contribution is 0.223. The average molecular weight is 364 g/mol. The van der Waals surface area contributed by atoms with Crippen LogP contribution < -0.4 is 14.8 Å². The molecule has 0 saturated carbocycles. The summed E-state index contributed by atoms with van der Waals surface area (Å²) in [7, 11) is 4.87. The van der Waals surface area contributed by atoms with E-state index in [1.165, 1.54) is 14.2 Å². The van der Waals surface area contributed by atoms with Gasteiger partial charge in [0.2, 0.25) is 5.75 Å². The molecule has 0 spiro atoms. The van der Waals surface area contributed by atoms with Gasteiger partial charge < -0.3 is 24.8 Å². The second-order valence-corrected chi connectivity index (χ2v) is 6.36. The van der Waals surface area contributed by atoms with E-state index in [-0.39, 0.29) is 5.75 Å². The smallest absolute Gasteiger partial charge is 0.200 e. The summed E-state index contributed by atoms with van der Waals surface area (Å²) in [6, 6.07) is 4.19. The molecule has 0 radical (unpaired) electrons. The highest BCUT2D eigenvalue weighted by molar-refractivity contribution is 5.80. The van der Waals surface area contributed by atoms with Crippen LogP contribution in [0.3, 0.4) is 0 Å². The Morgan fingerprint density at radius 1 is 1.27 bits per heavy atom. The van der Waals surface area contributed by atoms with Crippen molar-refractivity contribution in [3.8, 4) is 17.2 Å². The van der Waals surface area contributed by atoms with Crippen molar-refractivity contribution >= 4 is 5.96 Å². The molecular weight excluding hydrogens is 332 g/mol. The number of phenolic OH excluding ortho intramolecular Hbond substituents is 1. The Hall–Kier alpha value is -2.15. The number of methoxy groups -OCH3 is 2. The summed E-state index contributed by atoms with van der Waals surface area (Å²) in [6.45, 7) is 9.15. The van der Waals surface area contributed by atoms with Crippen molar-refractivity contribution in [1.82, 2.24) is 15.1 Å². The van der Waals surface area contributed by atoms with Gasteiger partial charge in [-0.25, -0.2) is 0 Å². The highest BCUT2D eigenvalue weighted by atomic mass is 16.5.